The Kier molecular flexibility index (Phi) is 5.48. The lowest BCUT2D eigenvalue weighted by atomic mass is 10.2. The molecule has 0 amide bonds. The van der Waals surface area contributed by atoms with E-state index in [1.54, 1.807) is 4.57 Å². The summed E-state index contributed by atoms with van der Waals surface area (Å²) in [6.45, 7) is 2.59. The van der Waals surface area contributed by atoms with E-state index in [1.807, 2.05) is 67.2 Å². The van der Waals surface area contributed by atoms with E-state index in [-0.39, 0.29) is 5.56 Å². The van der Waals surface area contributed by atoms with Crippen molar-refractivity contribution in [3.8, 4) is 11.4 Å². The topological polar surface area (TPSA) is 44.1 Å². The molecule has 1 saturated carbocycles. The lowest BCUT2D eigenvalue weighted by molar-refractivity contribution is 0.340. The zero-order valence-corrected chi connectivity index (χ0v) is 16.4. The molecule has 1 aliphatic rings. The summed E-state index contributed by atoms with van der Waals surface area (Å²) in [6, 6.07) is 15.3. The molecule has 0 radical (unpaired) electrons. The van der Waals surface area contributed by atoms with Crippen LogP contribution in [0.15, 0.2) is 53.3 Å². The summed E-state index contributed by atoms with van der Waals surface area (Å²) in [7, 11) is 0. The van der Waals surface area contributed by atoms with Gasteiger partial charge in [0.15, 0.2) is 0 Å². The molecule has 0 N–H and O–H groups in total. The minimum Gasteiger partial charge on any atom is -0.494 e. The molecule has 27 heavy (non-hydrogen) atoms. The SMILES string of the molecule is CCOc1ccc(-n2c(CSC3CCCC3)nc3ccccc3c2=O)cc1. The van der Waals surface area contributed by atoms with Gasteiger partial charge in [-0.05, 0) is 56.2 Å². The van der Waals surface area contributed by atoms with E-state index in [9.17, 15) is 4.79 Å². The van der Waals surface area contributed by atoms with Crippen LogP contribution in [-0.4, -0.2) is 21.4 Å². The molecule has 0 aliphatic heterocycles. The van der Waals surface area contributed by atoms with Crippen LogP contribution in [0.1, 0.15) is 38.4 Å². The second kappa shape index (κ2) is 8.17. The molecule has 2 aromatic carbocycles. The first-order chi connectivity index (χ1) is 13.3. The number of hydrogen-bond acceptors (Lipinski definition) is 4. The van der Waals surface area contributed by atoms with Crippen molar-refractivity contribution in [3.63, 3.8) is 0 Å². The lowest BCUT2D eigenvalue weighted by Gasteiger charge is -2.15. The van der Waals surface area contributed by atoms with Crippen LogP contribution in [0.3, 0.4) is 0 Å². The summed E-state index contributed by atoms with van der Waals surface area (Å²) in [4.78, 5) is 18.1. The first-order valence-electron chi connectivity index (χ1n) is 9.62. The molecule has 0 saturated heterocycles. The Hall–Kier alpha value is -2.27. The maximum absolute atomic E-state index is 13.2. The molecule has 0 bridgehead atoms. The normalized spacial score (nSPS) is 14.7. The van der Waals surface area contributed by atoms with E-state index in [1.165, 1.54) is 25.7 Å². The van der Waals surface area contributed by atoms with E-state index < -0.39 is 0 Å². The van der Waals surface area contributed by atoms with Crippen LogP contribution in [-0.2, 0) is 5.75 Å². The van der Waals surface area contributed by atoms with Gasteiger partial charge in [0.2, 0.25) is 0 Å². The van der Waals surface area contributed by atoms with Gasteiger partial charge in [0.1, 0.15) is 11.6 Å². The number of rotatable bonds is 6. The van der Waals surface area contributed by atoms with Gasteiger partial charge < -0.3 is 4.74 Å². The first-order valence-corrected chi connectivity index (χ1v) is 10.7. The van der Waals surface area contributed by atoms with Crippen molar-refractivity contribution in [1.82, 2.24) is 9.55 Å². The van der Waals surface area contributed by atoms with Crippen molar-refractivity contribution in [3.05, 3.63) is 64.7 Å². The summed E-state index contributed by atoms with van der Waals surface area (Å²) in [6.07, 6.45) is 5.17. The van der Waals surface area contributed by atoms with E-state index in [4.69, 9.17) is 9.72 Å². The quantitative estimate of drug-likeness (QED) is 0.606. The number of ether oxygens (including phenoxy) is 1. The van der Waals surface area contributed by atoms with Crippen LogP contribution in [0.25, 0.3) is 16.6 Å². The second-order valence-corrected chi connectivity index (χ2v) is 8.12. The number of thioether (sulfide) groups is 1. The summed E-state index contributed by atoms with van der Waals surface area (Å²) < 4.78 is 7.30. The van der Waals surface area contributed by atoms with Crippen LogP contribution in [0.2, 0.25) is 0 Å². The number of nitrogens with zero attached hydrogens (tertiary/aromatic N) is 2. The highest BCUT2D eigenvalue weighted by molar-refractivity contribution is 7.99. The third-order valence-electron chi connectivity index (χ3n) is 5.00. The molecule has 0 atom stereocenters. The van der Waals surface area contributed by atoms with Crippen molar-refractivity contribution >= 4 is 22.7 Å². The Balaban J connectivity index is 1.76. The average molecular weight is 381 g/mol. The van der Waals surface area contributed by atoms with Crippen molar-refractivity contribution in [2.45, 2.75) is 43.6 Å². The van der Waals surface area contributed by atoms with Crippen LogP contribution >= 0.6 is 11.8 Å². The van der Waals surface area contributed by atoms with Crippen LogP contribution in [0.4, 0.5) is 0 Å². The number of para-hydroxylation sites is 1. The van der Waals surface area contributed by atoms with Crippen LogP contribution in [0.5, 0.6) is 5.75 Å². The fourth-order valence-electron chi connectivity index (χ4n) is 3.65. The maximum atomic E-state index is 13.2. The molecular weight excluding hydrogens is 356 g/mol. The Morgan fingerprint density at radius 1 is 1.11 bits per heavy atom. The second-order valence-electron chi connectivity index (χ2n) is 6.83. The van der Waals surface area contributed by atoms with Gasteiger partial charge >= 0.3 is 0 Å². The summed E-state index contributed by atoms with van der Waals surface area (Å²) in [5.74, 6) is 2.38. The van der Waals surface area contributed by atoms with Crippen molar-refractivity contribution in [2.24, 2.45) is 0 Å². The molecule has 4 rings (SSSR count). The molecule has 0 unspecified atom stereocenters. The number of aromatic nitrogens is 2. The number of fused-ring (bicyclic) bond motifs is 1. The molecule has 4 nitrogen and oxygen atoms in total. The third kappa shape index (κ3) is 3.88. The third-order valence-corrected chi connectivity index (χ3v) is 6.37. The highest BCUT2D eigenvalue weighted by Crippen LogP contribution is 2.31. The van der Waals surface area contributed by atoms with E-state index >= 15 is 0 Å². The Morgan fingerprint density at radius 2 is 1.85 bits per heavy atom. The van der Waals surface area contributed by atoms with Gasteiger partial charge in [0.25, 0.3) is 5.56 Å². The average Bonchev–Trinajstić information content (AvgIpc) is 3.21. The zero-order valence-electron chi connectivity index (χ0n) is 15.6. The van der Waals surface area contributed by atoms with Gasteiger partial charge in [-0.15, -0.1) is 0 Å². The predicted molar refractivity (Wildman–Crippen MR) is 112 cm³/mol. The molecule has 5 heteroatoms. The van der Waals surface area contributed by atoms with Crippen molar-refractivity contribution in [2.75, 3.05) is 6.61 Å². The van der Waals surface area contributed by atoms with Crippen molar-refractivity contribution in [1.29, 1.82) is 0 Å². The van der Waals surface area contributed by atoms with Crippen LogP contribution in [0, 0.1) is 0 Å². The molecule has 1 heterocycles. The molecule has 3 aromatic rings. The fourth-order valence-corrected chi connectivity index (χ4v) is 4.89. The maximum Gasteiger partial charge on any atom is 0.265 e. The van der Waals surface area contributed by atoms with Gasteiger partial charge in [-0.25, -0.2) is 4.98 Å². The van der Waals surface area contributed by atoms with Gasteiger partial charge in [-0.1, -0.05) is 25.0 Å². The van der Waals surface area contributed by atoms with E-state index in [0.29, 0.717) is 17.2 Å². The fraction of sp³-hybridized carbons (Fsp3) is 0.364. The highest BCUT2D eigenvalue weighted by atomic mass is 32.2. The van der Waals surface area contributed by atoms with Gasteiger partial charge in [0, 0.05) is 5.25 Å². The van der Waals surface area contributed by atoms with E-state index in [0.717, 1.165) is 28.5 Å². The van der Waals surface area contributed by atoms with Gasteiger partial charge in [-0.2, -0.15) is 11.8 Å². The summed E-state index contributed by atoms with van der Waals surface area (Å²) in [5.41, 5.74) is 1.60. The van der Waals surface area contributed by atoms with Crippen molar-refractivity contribution < 1.29 is 4.74 Å². The first kappa shape index (κ1) is 18.1. The Labute approximate surface area is 163 Å². The summed E-state index contributed by atoms with van der Waals surface area (Å²) >= 11 is 1.93. The smallest absolute Gasteiger partial charge is 0.265 e. The largest absolute Gasteiger partial charge is 0.494 e. The molecule has 1 fully saturated rings. The molecule has 1 aromatic heterocycles. The lowest BCUT2D eigenvalue weighted by Crippen LogP contribution is -2.23. The Morgan fingerprint density at radius 3 is 2.59 bits per heavy atom. The minimum absolute atomic E-state index is 0.00761. The van der Waals surface area contributed by atoms with Gasteiger partial charge in [0.05, 0.1) is 29.0 Å². The zero-order chi connectivity index (χ0) is 18.6. The summed E-state index contributed by atoms with van der Waals surface area (Å²) in [5, 5.41) is 1.34. The van der Waals surface area contributed by atoms with E-state index in [2.05, 4.69) is 0 Å². The predicted octanol–water partition coefficient (Wildman–Crippen LogP) is 4.96. The molecule has 140 valence electrons. The van der Waals surface area contributed by atoms with Crippen LogP contribution < -0.4 is 10.3 Å². The molecule has 0 spiro atoms. The number of benzene rings is 2. The van der Waals surface area contributed by atoms with Gasteiger partial charge in [-0.3, -0.25) is 9.36 Å². The highest BCUT2D eigenvalue weighted by Gasteiger charge is 2.18. The Bertz CT molecular complexity index is 976. The monoisotopic (exact) mass is 380 g/mol. The molecular formula is C22H24N2O2S. The minimum atomic E-state index is -0.00761. The molecule has 1 aliphatic carbocycles. The standard InChI is InChI=1S/C22H24N2O2S/c1-2-26-17-13-11-16(12-14-17)24-21(15-27-18-7-3-4-8-18)23-20-10-6-5-9-19(20)22(24)25/h5-6,9-14,18H,2-4,7-8,15H2,1H3. The number of hydrogen-bond donors (Lipinski definition) is 0.